The van der Waals surface area contributed by atoms with E-state index >= 15 is 0 Å². The van der Waals surface area contributed by atoms with Gasteiger partial charge in [-0.3, -0.25) is 19.2 Å². The molecule has 0 aromatic heterocycles. The summed E-state index contributed by atoms with van der Waals surface area (Å²) < 4.78 is 0. The van der Waals surface area contributed by atoms with E-state index in [9.17, 15) is 19.2 Å². The van der Waals surface area contributed by atoms with Crippen LogP contribution in [0.1, 0.15) is 6.42 Å². The average Bonchev–Trinajstić information content (AvgIpc) is 2.00. The van der Waals surface area contributed by atoms with E-state index in [1.54, 1.807) is 0 Å². The van der Waals surface area contributed by atoms with Crippen molar-refractivity contribution in [2.75, 3.05) is 0 Å². The van der Waals surface area contributed by atoms with Crippen LogP contribution >= 0.6 is 0 Å². The Bertz CT molecular complexity index is 292. The minimum Gasteiger partial charge on any atom is -0.481 e. The van der Waals surface area contributed by atoms with Gasteiger partial charge in [0.1, 0.15) is 0 Å². The zero-order valence-corrected chi connectivity index (χ0v) is 7.28. The lowest BCUT2D eigenvalue weighted by molar-refractivity contribution is -0.165. The molecule has 0 aliphatic carbocycles. The second-order valence-corrected chi connectivity index (χ2v) is 2.70. The summed E-state index contributed by atoms with van der Waals surface area (Å²) in [4.78, 5) is 41.6. The van der Waals surface area contributed by atoms with Crippen LogP contribution in [0.25, 0.3) is 0 Å². The number of carboxylic acids is 4. The number of carbonyl (C=O) groups is 4. The second kappa shape index (κ2) is 4.94. The highest BCUT2D eigenvalue weighted by Crippen LogP contribution is 2.17. The third-order valence-corrected chi connectivity index (χ3v) is 1.65. The zero-order chi connectivity index (χ0) is 12.2. The van der Waals surface area contributed by atoms with Crippen molar-refractivity contribution in [2.45, 2.75) is 6.42 Å². The van der Waals surface area contributed by atoms with E-state index in [-0.39, 0.29) is 0 Å². The summed E-state index contributed by atoms with van der Waals surface area (Å²) in [6, 6.07) is 0. The lowest BCUT2D eigenvalue weighted by atomic mass is 9.89. The van der Waals surface area contributed by atoms with Crippen molar-refractivity contribution in [1.29, 1.82) is 0 Å². The van der Waals surface area contributed by atoms with Gasteiger partial charge >= 0.3 is 23.9 Å². The van der Waals surface area contributed by atoms with E-state index in [2.05, 4.69) is 0 Å². The van der Waals surface area contributed by atoms with Crippen LogP contribution in [0.3, 0.4) is 0 Å². The molecule has 0 radical (unpaired) electrons. The smallest absolute Gasteiger partial charge is 0.318 e. The van der Waals surface area contributed by atoms with E-state index in [0.717, 1.165) is 0 Å². The molecule has 1 unspecified atom stereocenters. The predicted octanol–water partition coefficient (Wildman–Crippen LogP) is -1.05. The van der Waals surface area contributed by atoms with E-state index in [4.69, 9.17) is 20.4 Å². The number of aliphatic carboxylic acids is 4. The third-order valence-electron chi connectivity index (χ3n) is 1.65. The molecule has 15 heavy (non-hydrogen) atoms. The number of carboxylic acid groups (broad SMARTS) is 4. The molecule has 0 rings (SSSR count). The van der Waals surface area contributed by atoms with Gasteiger partial charge in [-0.25, -0.2) is 0 Å². The van der Waals surface area contributed by atoms with Crippen LogP contribution in [-0.2, 0) is 19.2 Å². The van der Waals surface area contributed by atoms with Crippen LogP contribution in [0, 0.1) is 11.8 Å². The molecule has 8 heteroatoms. The first-order valence-electron chi connectivity index (χ1n) is 3.67. The van der Waals surface area contributed by atoms with Crippen molar-refractivity contribution in [2.24, 2.45) is 11.8 Å². The second-order valence-electron chi connectivity index (χ2n) is 2.70. The SMILES string of the molecule is O=C(O)CC(C(=O)O)C(C(=O)O)C(=O)O. The van der Waals surface area contributed by atoms with Crippen molar-refractivity contribution in [3.8, 4) is 0 Å². The number of hydrogen-bond donors (Lipinski definition) is 4. The van der Waals surface area contributed by atoms with Crippen LogP contribution < -0.4 is 0 Å². The van der Waals surface area contributed by atoms with E-state index in [1.807, 2.05) is 0 Å². The van der Waals surface area contributed by atoms with Gasteiger partial charge < -0.3 is 20.4 Å². The fraction of sp³-hybridized carbons (Fsp3) is 0.429. The van der Waals surface area contributed by atoms with Crippen LogP contribution in [0.5, 0.6) is 0 Å². The molecule has 0 heterocycles. The van der Waals surface area contributed by atoms with Crippen LogP contribution in [0.2, 0.25) is 0 Å². The van der Waals surface area contributed by atoms with Crippen molar-refractivity contribution in [1.82, 2.24) is 0 Å². The molecule has 1 atom stereocenters. The van der Waals surface area contributed by atoms with Gasteiger partial charge in [0.15, 0.2) is 5.92 Å². The Morgan fingerprint density at radius 2 is 1.20 bits per heavy atom. The minimum absolute atomic E-state index is 1.06. The van der Waals surface area contributed by atoms with Gasteiger partial charge in [0.2, 0.25) is 0 Å². The third kappa shape index (κ3) is 3.63. The normalized spacial score (nSPS) is 12.1. The minimum atomic E-state index is -2.27. The molecule has 0 amide bonds. The highest BCUT2D eigenvalue weighted by Gasteiger charge is 2.40. The van der Waals surface area contributed by atoms with Crippen LogP contribution in [-0.4, -0.2) is 44.3 Å². The van der Waals surface area contributed by atoms with Crippen molar-refractivity contribution in [3.63, 3.8) is 0 Å². The Morgan fingerprint density at radius 1 is 0.800 bits per heavy atom. The van der Waals surface area contributed by atoms with Gasteiger partial charge in [-0.15, -0.1) is 0 Å². The monoisotopic (exact) mass is 220 g/mol. The van der Waals surface area contributed by atoms with Crippen LogP contribution in [0.4, 0.5) is 0 Å². The molecule has 0 aliphatic rings. The quantitative estimate of drug-likeness (QED) is 0.414. The van der Waals surface area contributed by atoms with Crippen molar-refractivity contribution >= 4 is 23.9 Å². The molecule has 0 aliphatic heterocycles. The van der Waals surface area contributed by atoms with Gasteiger partial charge in [0.25, 0.3) is 0 Å². The highest BCUT2D eigenvalue weighted by atomic mass is 16.4. The lowest BCUT2D eigenvalue weighted by Crippen LogP contribution is -2.37. The standard InChI is InChI=1S/C7H8O8/c8-3(9)1-2(5(10)11)4(6(12)13)7(14)15/h2,4H,1H2,(H,8,9)(H,10,11)(H,12,13)(H,14,15). The Morgan fingerprint density at radius 3 is 1.40 bits per heavy atom. The maximum Gasteiger partial charge on any atom is 0.318 e. The first-order chi connectivity index (χ1) is 6.77. The Hall–Kier alpha value is -2.12. The summed E-state index contributed by atoms with van der Waals surface area (Å²) in [5.74, 6) is -11.4. The van der Waals surface area contributed by atoms with Gasteiger partial charge in [-0.2, -0.15) is 0 Å². The Labute approximate surface area is 82.8 Å². The van der Waals surface area contributed by atoms with Gasteiger partial charge in [-0.05, 0) is 0 Å². The van der Waals surface area contributed by atoms with Gasteiger partial charge in [0.05, 0.1) is 12.3 Å². The maximum absolute atomic E-state index is 10.5. The van der Waals surface area contributed by atoms with Gasteiger partial charge in [0, 0.05) is 0 Å². The highest BCUT2D eigenvalue weighted by molar-refractivity contribution is 5.98. The van der Waals surface area contributed by atoms with E-state index in [1.165, 1.54) is 0 Å². The predicted molar refractivity (Wildman–Crippen MR) is 42.1 cm³/mol. The molecule has 4 N–H and O–H groups in total. The van der Waals surface area contributed by atoms with E-state index < -0.39 is 42.1 Å². The largest absolute Gasteiger partial charge is 0.481 e. The van der Waals surface area contributed by atoms with Gasteiger partial charge in [-0.1, -0.05) is 0 Å². The topological polar surface area (TPSA) is 149 Å². The summed E-state index contributed by atoms with van der Waals surface area (Å²) >= 11 is 0. The number of hydrogen-bond acceptors (Lipinski definition) is 4. The molecular weight excluding hydrogens is 212 g/mol. The van der Waals surface area contributed by atoms with Crippen molar-refractivity contribution in [3.05, 3.63) is 0 Å². The molecule has 84 valence electrons. The molecule has 0 aromatic carbocycles. The summed E-state index contributed by atoms with van der Waals surface area (Å²) in [5.41, 5.74) is 0. The summed E-state index contributed by atoms with van der Waals surface area (Å²) in [5, 5.41) is 33.7. The molecular formula is C7H8O8. The molecule has 0 fully saturated rings. The molecule has 0 saturated heterocycles. The summed E-state index contributed by atoms with van der Waals surface area (Å²) in [7, 11) is 0. The fourth-order valence-corrected chi connectivity index (χ4v) is 0.986. The van der Waals surface area contributed by atoms with Crippen LogP contribution in [0.15, 0.2) is 0 Å². The Balaban J connectivity index is 5.01. The summed E-state index contributed by atoms with van der Waals surface area (Å²) in [6.07, 6.45) is -1.06. The fourth-order valence-electron chi connectivity index (χ4n) is 0.986. The van der Waals surface area contributed by atoms with Crippen molar-refractivity contribution < 1.29 is 39.6 Å². The molecule has 0 bridgehead atoms. The molecule has 0 saturated carbocycles. The maximum atomic E-state index is 10.5. The summed E-state index contributed by atoms with van der Waals surface area (Å²) in [6.45, 7) is 0. The first kappa shape index (κ1) is 12.9. The lowest BCUT2D eigenvalue weighted by Gasteiger charge is -2.14. The molecule has 0 aromatic rings. The van der Waals surface area contributed by atoms with E-state index in [0.29, 0.717) is 0 Å². The number of rotatable bonds is 6. The first-order valence-corrected chi connectivity index (χ1v) is 3.67. The molecule has 8 nitrogen and oxygen atoms in total. The zero-order valence-electron chi connectivity index (χ0n) is 7.28. The Kier molecular flexibility index (Phi) is 4.24. The average molecular weight is 220 g/mol. The molecule has 0 spiro atoms.